The molecule has 4 nitrogen and oxygen atoms in total. The van der Waals surface area contributed by atoms with Crippen LogP contribution in [0.25, 0.3) is 0 Å². The zero-order valence-electron chi connectivity index (χ0n) is 8.88. The molecule has 13 heavy (non-hydrogen) atoms. The number of carbonyl (C=O) groups excluding carboxylic acids is 1. The molecule has 0 aliphatic carbocycles. The second kappa shape index (κ2) is 5.94. The number of ether oxygens (including phenoxy) is 1. The van der Waals surface area contributed by atoms with Gasteiger partial charge < -0.3 is 15.0 Å². The largest absolute Gasteiger partial charge is 0.460 e. The zero-order chi connectivity index (χ0) is 10.3. The Balaban J connectivity index is 3.37. The molecule has 0 spiro atoms. The fourth-order valence-electron chi connectivity index (χ4n) is 0.752. The van der Waals surface area contributed by atoms with Gasteiger partial charge in [0.1, 0.15) is 13.2 Å². The lowest BCUT2D eigenvalue weighted by atomic mass is 10.3. The van der Waals surface area contributed by atoms with Crippen molar-refractivity contribution in [1.82, 2.24) is 0 Å². The molecule has 0 aliphatic rings. The first-order valence-corrected chi connectivity index (χ1v) is 4.62. The normalized spacial score (nSPS) is 11.4. The summed E-state index contributed by atoms with van der Waals surface area (Å²) in [6, 6.07) is 0. The number of nitrogens with two attached hydrogens (primary N) is 1. The molecule has 0 saturated carbocycles. The number of carbonyl (C=O) groups is 1. The Bertz CT molecular complexity index is 152. The van der Waals surface area contributed by atoms with Gasteiger partial charge in [-0.15, -0.1) is 0 Å². The average molecular weight is 189 g/mol. The van der Waals surface area contributed by atoms with E-state index in [2.05, 4.69) is 21.1 Å². The second-order valence-electron chi connectivity index (χ2n) is 4.13. The number of hydrogen-bond acceptors (Lipinski definition) is 3. The summed E-state index contributed by atoms with van der Waals surface area (Å²) in [5.41, 5.74) is 5.26. The van der Waals surface area contributed by atoms with Crippen molar-refractivity contribution in [2.24, 2.45) is 5.73 Å². The summed E-state index contributed by atoms with van der Waals surface area (Å²) in [5.74, 6) is -0.140. The average Bonchev–Trinajstić information content (AvgIpc) is 1.98. The van der Waals surface area contributed by atoms with E-state index < -0.39 is 0 Å². The molecule has 0 unspecified atom stereocenters. The minimum absolute atomic E-state index is 0.140. The van der Waals surface area contributed by atoms with E-state index in [-0.39, 0.29) is 5.97 Å². The lowest BCUT2D eigenvalue weighted by molar-refractivity contribution is -0.870. The van der Waals surface area contributed by atoms with E-state index in [9.17, 15) is 4.79 Å². The van der Waals surface area contributed by atoms with Crippen LogP contribution in [-0.4, -0.2) is 51.3 Å². The van der Waals surface area contributed by atoms with Crippen molar-refractivity contribution in [2.75, 3.05) is 40.8 Å². The molecule has 0 radical (unpaired) electrons. The van der Waals surface area contributed by atoms with Crippen LogP contribution in [0.3, 0.4) is 0 Å². The summed E-state index contributed by atoms with van der Waals surface area (Å²) < 4.78 is 5.82. The molecule has 0 rings (SSSR count). The minimum atomic E-state index is -0.140. The molecule has 0 heterocycles. The van der Waals surface area contributed by atoms with Crippen molar-refractivity contribution in [2.45, 2.75) is 12.8 Å². The number of quaternary nitrogens is 1. The van der Waals surface area contributed by atoms with Crippen LogP contribution in [-0.2, 0) is 9.53 Å². The van der Waals surface area contributed by atoms with Crippen molar-refractivity contribution in [3.05, 3.63) is 0 Å². The van der Waals surface area contributed by atoms with E-state index in [1.165, 1.54) is 0 Å². The summed E-state index contributed by atoms with van der Waals surface area (Å²) in [6.07, 6.45) is 1.15. The number of nitrogens with zero attached hydrogens (tertiary/aromatic N) is 1. The minimum Gasteiger partial charge on any atom is -0.460 e. The van der Waals surface area contributed by atoms with Gasteiger partial charge in [0.25, 0.3) is 0 Å². The third kappa shape index (κ3) is 9.30. The first-order chi connectivity index (χ1) is 5.95. The van der Waals surface area contributed by atoms with Crippen LogP contribution in [0.2, 0.25) is 0 Å². The van der Waals surface area contributed by atoms with E-state index in [0.29, 0.717) is 26.0 Å². The van der Waals surface area contributed by atoms with Gasteiger partial charge in [0.2, 0.25) is 0 Å². The Morgan fingerprint density at radius 2 is 2.00 bits per heavy atom. The molecule has 0 bridgehead atoms. The molecular formula is C9H21N2O2+. The van der Waals surface area contributed by atoms with Gasteiger partial charge in [0.15, 0.2) is 0 Å². The van der Waals surface area contributed by atoms with Crippen molar-refractivity contribution in [3.63, 3.8) is 0 Å². The van der Waals surface area contributed by atoms with Crippen LogP contribution in [0.15, 0.2) is 0 Å². The van der Waals surface area contributed by atoms with E-state index in [4.69, 9.17) is 10.5 Å². The molecule has 0 atom stereocenters. The van der Waals surface area contributed by atoms with Gasteiger partial charge in [-0.2, -0.15) is 0 Å². The predicted molar refractivity (Wildman–Crippen MR) is 52.1 cm³/mol. The Labute approximate surface area is 80.2 Å². The predicted octanol–water partition coefficient (Wildman–Crippen LogP) is -0.0253. The molecule has 0 aromatic heterocycles. The van der Waals surface area contributed by atoms with Crippen LogP contribution in [0.1, 0.15) is 12.8 Å². The maximum Gasteiger partial charge on any atom is 0.306 e. The highest BCUT2D eigenvalue weighted by Gasteiger charge is 2.08. The van der Waals surface area contributed by atoms with Crippen molar-refractivity contribution in [1.29, 1.82) is 0 Å². The fraction of sp³-hybridized carbons (Fsp3) is 0.889. The van der Waals surface area contributed by atoms with E-state index in [1.807, 2.05) is 0 Å². The summed E-state index contributed by atoms with van der Waals surface area (Å²) >= 11 is 0. The molecule has 2 N–H and O–H groups in total. The van der Waals surface area contributed by atoms with Gasteiger partial charge >= 0.3 is 5.97 Å². The highest BCUT2D eigenvalue weighted by atomic mass is 16.5. The summed E-state index contributed by atoms with van der Waals surface area (Å²) in [5, 5.41) is 0. The fourth-order valence-corrected chi connectivity index (χ4v) is 0.752. The van der Waals surface area contributed by atoms with Gasteiger partial charge in [-0.1, -0.05) is 0 Å². The number of rotatable bonds is 6. The zero-order valence-corrected chi connectivity index (χ0v) is 8.88. The van der Waals surface area contributed by atoms with Crippen molar-refractivity contribution < 1.29 is 14.0 Å². The monoisotopic (exact) mass is 189 g/mol. The van der Waals surface area contributed by atoms with E-state index in [1.54, 1.807) is 0 Å². The quantitative estimate of drug-likeness (QED) is 0.472. The maximum absolute atomic E-state index is 11.0. The van der Waals surface area contributed by atoms with Crippen LogP contribution in [0, 0.1) is 0 Å². The SMILES string of the molecule is C[N+](C)(C)CCOC(=O)CCCN. The van der Waals surface area contributed by atoms with Crippen LogP contribution in [0.4, 0.5) is 0 Å². The van der Waals surface area contributed by atoms with Gasteiger partial charge in [-0.3, -0.25) is 4.79 Å². The topological polar surface area (TPSA) is 52.3 Å². The molecular weight excluding hydrogens is 168 g/mol. The lowest BCUT2D eigenvalue weighted by Crippen LogP contribution is -2.38. The van der Waals surface area contributed by atoms with Crippen LogP contribution < -0.4 is 5.73 Å². The van der Waals surface area contributed by atoms with Gasteiger partial charge in [-0.05, 0) is 13.0 Å². The first kappa shape index (κ1) is 12.4. The highest BCUT2D eigenvalue weighted by Crippen LogP contribution is 1.93. The van der Waals surface area contributed by atoms with Gasteiger partial charge in [0, 0.05) is 6.42 Å². The van der Waals surface area contributed by atoms with Gasteiger partial charge in [-0.25, -0.2) is 0 Å². The van der Waals surface area contributed by atoms with E-state index >= 15 is 0 Å². The molecule has 78 valence electrons. The standard InChI is InChI=1S/C9H21N2O2/c1-11(2,3)7-8-13-9(12)5-4-6-10/h4-8,10H2,1-3H3/q+1. The number of esters is 1. The number of likely N-dealkylation sites (N-methyl/N-ethyl adjacent to an activating group) is 1. The third-order valence-corrected chi connectivity index (χ3v) is 1.61. The molecule has 0 aromatic carbocycles. The summed E-state index contributed by atoms with van der Waals surface area (Å²) in [7, 11) is 6.19. The molecule has 4 heteroatoms. The first-order valence-electron chi connectivity index (χ1n) is 4.62. The molecule has 0 amide bonds. The molecule has 0 aromatic rings. The second-order valence-corrected chi connectivity index (χ2v) is 4.13. The lowest BCUT2D eigenvalue weighted by Gasteiger charge is -2.23. The van der Waals surface area contributed by atoms with Crippen LogP contribution in [0.5, 0.6) is 0 Å². The number of hydrogen-bond donors (Lipinski definition) is 1. The van der Waals surface area contributed by atoms with E-state index in [0.717, 1.165) is 11.0 Å². The molecule has 0 fully saturated rings. The van der Waals surface area contributed by atoms with Crippen molar-refractivity contribution in [3.8, 4) is 0 Å². The Morgan fingerprint density at radius 3 is 2.46 bits per heavy atom. The summed E-state index contributed by atoms with van der Waals surface area (Å²) in [6.45, 7) is 1.88. The Kier molecular flexibility index (Phi) is 5.66. The Hall–Kier alpha value is -0.610. The smallest absolute Gasteiger partial charge is 0.306 e. The molecule has 0 saturated heterocycles. The van der Waals surface area contributed by atoms with Crippen molar-refractivity contribution >= 4 is 5.97 Å². The van der Waals surface area contributed by atoms with Gasteiger partial charge in [0.05, 0.1) is 21.1 Å². The van der Waals surface area contributed by atoms with Crippen LogP contribution >= 0.6 is 0 Å². The highest BCUT2D eigenvalue weighted by molar-refractivity contribution is 5.69. The summed E-state index contributed by atoms with van der Waals surface area (Å²) in [4.78, 5) is 11.0. The maximum atomic E-state index is 11.0. The third-order valence-electron chi connectivity index (χ3n) is 1.61. The Morgan fingerprint density at radius 1 is 1.38 bits per heavy atom. The molecule has 0 aliphatic heterocycles.